The summed E-state index contributed by atoms with van der Waals surface area (Å²) in [5.74, 6) is 2.74. The largest absolute Gasteiger partial charge is 0.332 e. The SMILES string of the molecule is CC(=O)N1CC[NH+](CC(=O)N(CCC#N)C23CC4CC(CC(C4)C2)C3)CC1. The average molecular weight is 374 g/mol. The molecule has 5 rings (SSSR count). The van der Waals surface area contributed by atoms with E-state index in [-0.39, 0.29) is 17.4 Å². The molecule has 4 saturated carbocycles. The van der Waals surface area contributed by atoms with E-state index in [2.05, 4.69) is 11.0 Å². The molecule has 5 fully saturated rings. The zero-order valence-corrected chi connectivity index (χ0v) is 16.6. The second-order valence-corrected chi connectivity index (χ2v) is 9.53. The van der Waals surface area contributed by atoms with Gasteiger partial charge in [-0.1, -0.05) is 0 Å². The lowest BCUT2D eigenvalue weighted by atomic mass is 9.52. The molecule has 2 amide bonds. The lowest BCUT2D eigenvalue weighted by molar-refractivity contribution is -0.896. The number of carbonyl (C=O) groups excluding carboxylic acids is 2. The lowest BCUT2D eigenvalue weighted by Gasteiger charge is -2.60. The number of quaternary nitrogens is 1. The van der Waals surface area contributed by atoms with Gasteiger partial charge in [0.2, 0.25) is 5.91 Å². The molecule has 0 unspecified atom stereocenters. The Balaban J connectivity index is 1.44. The second kappa shape index (κ2) is 7.43. The molecule has 6 nitrogen and oxygen atoms in total. The minimum Gasteiger partial charge on any atom is -0.332 e. The van der Waals surface area contributed by atoms with E-state index in [1.807, 2.05) is 4.90 Å². The number of hydrogen-bond donors (Lipinski definition) is 1. The second-order valence-electron chi connectivity index (χ2n) is 9.53. The van der Waals surface area contributed by atoms with Gasteiger partial charge in [-0.05, 0) is 56.3 Å². The highest BCUT2D eigenvalue weighted by molar-refractivity contribution is 5.78. The Morgan fingerprint density at radius 1 is 1.11 bits per heavy atom. The van der Waals surface area contributed by atoms with E-state index in [1.165, 1.54) is 24.2 Å². The van der Waals surface area contributed by atoms with Gasteiger partial charge in [-0.3, -0.25) is 9.59 Å². The van der Waals surface area contributed by atoms with Gasteiger partial charge in [0.15, 0.2) is 6.54 Å². The van der Waals surface area contributed by atoms with Gasteiger partial charge in [0.25, 0.3) is 5.91 Å². The summed E-state index contributed by atoms with van der Waals surface area (Å²) in [4.78, 5) is 30.2. The maximum absolute atomic E-state index is 13.4. The molecular formula is C21H33N4O2+. The highest BCUT2D eigenvalue weighted by Crippen LogP contribution is 2.57. The van der Waals surface area contributed by atoms with E-state index in [4.69, 9.17) is 5.26 Å². The van der Waals surface area contributed by atoms with Gasteiger partial charge in [-0.15, -0.1) is 0 Å². The average Bonchev–Trinajstić information content (AvgIpc) is 2.61. The van der Waals surface area contributed by atoms with Gasteiger partial charge < -0.3 is 14.7 Å². The summed E-state index contributed by atoms with van der Waals surface area (Å²) < 4.78 is 0. The number of nitriles is 1. The van der Waals surface area contributed by atoms with Crippen LogP contribution in [-0.2, 0) is 9.59 Å². The molecular weight excluding hydrogens is 340 g/mol. The summed E-state index contributed by atoms with van der Waals surface area (Å²) in [5, 5.41) is 9.15. The number of hydrogen-bond acceptors (Lipinski definition) is 3. The Hall–Kier alpha value is -1.61. The molecule has 0 spiro atoms. The lowest BCUT2D eigenvalue weighted by Crippen LogP contribution is -3.16. The van der Waals surface area contributed by atoms with Crippen LogP contribution < -0.4 is 4.90 Å². The third kappa shape index (κ3) is 3.71. The van der Waals surface area contributed by atoms with Crippen molar-refractivity contribution in [2.24, 2.45) is 17.8 Å². The maximum Gasteiger partial charge on any atom is 0.278 e. The van der Waals surface area contributed by atoms with E-state index in [0.717, 1.165) is 63.2 Å². The molecule has 0 aromatic heterocycles. The Morgan fingerprint density at radius 2 is 1.67 bits per heavy atom. The molecule has 6 heteroatoms. The first-order chi connectivity index (χ1) is 13.0. The molecule has 27 heavy (non-hydrogen) atoms. The van der Waals surface area contributed by atoms with Crippen molar-refractivity contribution in [1.29, 1.82) is 5.26 Å². The van der Waals surface area contributed by atoms with Gasteiger partial charge in [0.05, 0.1) is 38.7 Å². The van der Waals surface area contributed by atoms with Crippen LogP contribution in [0.1, 0.15) is 51.9 Å². The third-order valence-electron chi connectivity index (χ3n) is 7.64. The van der Waals surface area contributed by atoms with Crippen LogP contribution in [-0.4, -0.2) is 66.4 Å². The van der Waals surface area contributed by atoms with E-state index < -0.39 is 0 Å². The molecule has 1 aliphatic heterocycles. The summed E-state index contributed by atoms with van der Waals surface area (Å²) in [6, 6.07) is 2.26. The van der Waals surface area contributed by atoms with Crippen molar-refractivity contribution in [3.63, 3.8) is 0 Å². The first-order valence-corrected chi connectivity index (χ1v) is 10.8. The van der Waals surface area contributed by atoms with E-state index in [9.17, 15) is 9.59 Å². The zero-order chi connectivity index (χ0) is 19.0. The fourth-order valence-electron chi connectivity index (χ4n) is 6.81. The van der Waals surface area contributed by atoms with Crippen molar-refractivity contribution >= 4 is 11.8 Å². The van der Waals surface area contributed by atoms with Crippen molar-refractivity contribution in [2.75, 3.05) is 39.3 Å². The summed E-state index contributed by atoms with van der Waals surface area (Å²) in [6.45, 7) is 5.90. The van der Waals surface area contributed by atoms with Crippen molar-refractivity contribution in [1.82, 2.24) is 9.80 Å². The number of nitrogens with zero attached hydrogens (tertiary/aromatic N) is 3. The Kier molecular flexibility index (Phi) is 5.15. The van der Waals surface area contributed by atoms with Crippen LogP contribution in [0.2, 0.25) is 0 Å². The first-order valence-electron chi connectivity index (χ1n) is 10.8. The number of rotatable bonds is 5. The van der Waals surface area contributed by atoms with E-state index >= 15 is 0 Å². The fraction of sp³-hybridized carbons (Fsp3) is 0.857. The van der Waals surface area contributed by atoms with Crippen LogP contribution >= 0.6 is 0 Å². The van der Waals surface area contributed by atoms with Crippen LogP contribution in [0.4, 0.5) is 0 Å². The quantitative estimate of drug-likeness (QED) is 0.761. The van der Waals surface area contributed by atoms with Crippen LogP contribution in [0, 0.1) is 29.1 Å². The van der Waals surface area contributed by atoms with Gasteiger partial charge in [-0.25, -0.2) is 0 Å². The molecule has 4 bridgehead atoms. The maximum atomic E-state index is 13.4. The molecule has 1 heterocycles. The number of nitrogens with one attached hydrogen (secondary N) is 1. The van der Waals surface area contributed by atoms with Crippen LogP contribution in [0.3, 0.4) is 0 Å². The third-order valence-corrected chi connectivity index (χ3v) is 7.64. The minimum absolute atomic E-state index is 0.0311. The number of amides is 2. The highest BCUT2D eigenvalue weighted by atomic mass is 16.2. The molecule has 1 N–H and O–H groups in total. The first kappa shape index (κ1) is 18.7. The van der Waals surface area contributed by atoms with Gasteiger partial charge in [-0.2, -0.15) is 5.26 Å². The van der Waals surface area contributed by atoms with Gasteiger partial charge in [0, 0.05) is 19.0 Å². The monoisotopic (exact) mass is 373 g/mol. The molecule has 5 aliphatic rings. The van der Waals surface area contributed by atoms with Crippen molar-refractivity contribution < 1.29 is 14.5 Å². The van der Waals surface area contributed by atoms with Crippen molar-refractivity contribution in [3.05, 3.63) is 0 Å². The Bertz CT molecular complexity index is 597. The van der Waals surface area contributed by atoms with Gasteiger partial charge >= 0.3 is 0 Å². The molecule has 1 saturated heterocycles. The van der Waals surface area contributed by atoms with E-state index in [0.29, 0.717) is 19.5 Å². The fourth-order valence-corrected chi connectivity index (χ4v) is 6.81. The molecule has 0 radical (unpaired) electrons. The van der Waals surface area contributed by atoms with Crippen LogP contribution in [0.15, 0.2) is 0 Å². The normalized spacial score (nSPS) is 35.1. The Morgan fingerprint density at radius 3 is 2.15 bits per heavy atom. The standard InChI is InChI=1S/C21H32N4O2/c1-16(26)24-7-5-23(6-8-24)15-20(27)25(4-2-3-22)21-12-17-9-18(13-21)11-19(10-17)14-21/h17-19H,2,4-15H2,1H3/p+1. The van der Waals surface area contributed by atoms with Crippen LogP contribution in [0.25, 0.3) is 0 Å². The topological polar surface area (TPSA) is 68.9 Å². The highest BCUT2D eigenvalue weighted by Gasteiger charge is 2.54. The predicted molar refractivity (Wildman–Crippen MR) is 101 cm³/mol. The molecule has 0 aromatic rings. The van der Waals surface area contributed by atoms with Crippen LogP contribution in [0.5, 0.6) is 0 Å². The molecule has 0 atom stereocenters. The summed E-state index contributed by atoms with van der Waals surface area (Å²) in [5.41, 5.74) is 0.0311. The minimum atomic E-state index is 0.0311. The molecule has 4 aliphatic carbocycles. The molecule has 0 aromatic carbocycles. The summed E-state index contributed by atoms with van der Waals surface area (Å²) in [7, 11) is 0. The number of carbonyl (C=O) groups is 2. The molecule has 148 valence electrons. The number of piperazine rings is 1. The predicted octanol–water partition coefficient (Wildman–Crippen LogP) is 0.444. The van der Waals surface area contributed by atoms with Crippen molar-refractivity contribution in [3.8, 4) is 6.07 Å². The van der Waals surface area contributed by atoms with E-state index in [1.54, 1.807) is 6.92 Å². The smallest absolute Gasteiger partial charge is 0.278 e. The summed E-state index contributed by atoms with van der Waals surface area (Å²) >= 11 is 0. The van der Waals surface area contributed by atoms with Gasteiger partial charge in [0.1, 0.15) is 0 Å². The zero-order valence-electron chi connectivity index (χ0n) is 16.6. The summed E-state index contributed by atoms with van der Waals surface area (Å²) in [6.07, 6.45) is 7.98. The van der Waals surface area contributed by atoms with Crippen molar-refractivity contribution in [2.45, 2.75) is 57.4 Å². The Labute approximate surface area is 162 Å².